The van der Waals surface area contributed by atoms with Crippen molar-refractivity contribution >= 4 is 48.9 Å². The summed E-state index contributed by atoms with van der Waals surface area (Å²) in [5.74, 6) is -3.25. The highest BCUT2D eigenvalue weighted by Gasteiger charge is 2.36. The van der Waals surface area contributed by atoms with Crippen LogP contribution in [0, 0.1) is 13.8 Å². The molecule has 0 aliphatic carbocycles. The van der Waals surface area contributed by atoms with Crippen LogP contribution in [0.1, 0.15) is 36.1 Å². The zero-order valence-electron chi connectivity index (χ0n) is 23.0. The number of thiol groups is 2. The minimum Gasteiger partial charge on any atom is -0.507 e. The van der Waals surface area contributed by atoms with Crippen LogP contribution in [0.25, 0.3) is 0 Å². The second-order valence-corrected chi connectivity index (χ2v) is 11.8. The Morgan fingerprint density at radius 1 is 0.900 bits per heavy atom. The normalized spacial score (nSPS) is 14.4. The fourth-order valence-corrected chi connectivity index (χ4v) is 4.45. The molecule has 0 aliphatic rings. The van der Waals surface area contributed by atoms with E-state index in [2.05, 4.69) is 41.2 Å². The number of hydrogen-bond donors (Lipinski definition) is 8. The van der Waals surface area contributed by atoms with Crippen LogP contribution in [0.4, 0.5) is 0 Å². The van der Waals surface area contributed by atoms with Crippen LogP contribution in [0.5, 0.6) is 5.75 Å². The highest BCUT2D eigenvalue weighted by atomic mass is 32.1. The second-order valence-electron chi connectivity index (χ2n) is 10.3. The van der Waals surface area contributed by atoms with Crippen LogP contribution in [0.3, 0.4) is 0 Å². The first kappa shape index (κ1) is 33.0. The van der Waals surface area contributed by atoms with Crippen LogP contribution < -0.4 is 21.7 Å². The molecule has 0 fully saturated rings. The molecule has 2 aromatic rings. The number of carbonyl (C=O) groups excluding carboxylic acids is 3. The summed E-state index contributed by atoms with van der Waals surface area (Å²) in [6.45, 7) is 6.60. The number of carboxylic acid groups (broad SMARTS) is 1. The Balaban J connectivity index is 2.17. The van der Waals surface area contributed by atoms with Crippen LogP contribution in [0.15, 0.2) is 42.5 Å². The first-order valence-corrected chi connectivity index (χ1v) is 13.8. The number of aryl methyl sites for hydroxylation is 1. The summed E-state index contributed by atoms with van der Waals surface area (Å²) in [6.07, 6.45) is 0.197. The van der Waals surface area contributed by atoms with Gasteiger partial charge in [0.2, 0.25) is 17.7 Å². The maximum Gasteiger partial charge on any atom is 0.327 e. The molecule has 3 amide bonds. The Hall–Kier alpha value is -3.22. The lowest BCUT2D eigenvalue weighted by molar-refractivity contribution is -0.143. The molecule has 0 radical (unpaired) electrons. The van der Waals surface area contributed by atoms with Gasteiger partial charge in [0.15, 0.2) is 0 Å². The van der Waals surface area contributed by atoms with E-state index in [0.717, 1.165) is 5.56 Å². The monoisotopic (exact) mass is 590 g/mol. The van der Waals surface area contributed by atoms with Crippen molar-refractivity contribution in [3.05, 3.63) is 64.7 Å². The van der Waals surface area contributed by atoms with Gasteiger partial charge < -0.3 is 31.9 Å². The van der Waals surface area contributed by atoms with Crippen LogP contribution in [-0.4, -0.2) is 68.6 Å². The lowest BCUT2D eigenvalue weighted by Crippen LogP contribution is -2.60. The number of carbonyl (C=O) groups is 4. The molecule has 2 aromatic carbocycles. The number of phenols is 1. The van der Waals surface area contributed by atoms with E-state index in [9.17, 15) is 29.4 Å². The Bertz CT molecular complexity index is 1220. The molecule has 0 spiro atoms. The summed E-state index contributed by atoms with van der Waals surface area (Å²) in [5, 5.41) is 27.4. The smallest absolute Gasteiger partial charge is 0.327 e. The summed E-state index contributed by atoms with van der Waals surface area (Å²) < 4.78 is -1.09. The van der Waals surface area contributed by atoms with Crippen LogP contribution in [-0.2, 0) is 32.0 Å². The number of phenolic OH excluding ortho intramolecular Hbond substituents is 1. The molecule has 2 rings (SSSR count). The van der Waals surface area contributed by atoms with E-state index < -0.39 is 52.6 Å². The summed E-state index contributed by atoms with van der Waals surface area (Å²) in [6, 6.07) is 7.77. The van der Waals surface area contributed by atoms with Crippen LogP contribution in [0.2, 0.25) is 0 Å². The van der Waals surface area contributed by atoms with Crippen molar-refractivity contribution in [3.8, 4) is 5.75 Å². The third kappa shape index (κ3) is 9.17. The molecule has 7 N–H and O–H groups in total. The lowest BCUT2D eigenvalue weighted by atomic mass is 9.98. The molecule has 0 heterocycles. The molecular weight excluding hydrogens is 552 g/mol. The van der Waals surface area contributed by atoms with Crippen molar-refractivity contribution in [1.29, 1.82) is 0 Å². The average Bonchev–Trinajstić information content (AvgIpc) is 2.89. The number of carboxylic acids is 1. The summed E-state index contributed by atoms with van der Waals surface area (Å²) >= 11 is 8.49. The zero-order chi connectivity index (χ0) is 30.2. The van der Waals surface area contributed by atoms with Crippen molar-refractivity contribution in [1.82, 2.24) is 16.0 Å². The van der Waals surface area contributed by atoms with E-state index in [1.807, 2.05) is 0 Å². The first-order chi connectivity index (χ1) is 18.6. The first-order valence-electron chi connectivity index (χ1n) is 12.7. The number of nitrogens with one attached hydrogen (secondary N) is 3. The van der Waals surface area contributed by atoms with E-state index in [-0.39, 0.29) is 24.3 Å². The minimum atomic E-state index is -1.33. The SMILES string of the molecule is Cc1ccc(CC(N)C(=O)N[C@H](CS)C(=O)N[C@@H](Cc2ccccc2)C(=O)N[C@@H](C(=O)O)C(C)(C)S)c(C)c1O. The molecule has 4 atom stereocenters. The third-order valence-corrected chi connectivity index (χ3v) is 7.12. The number of amides is 3. The largest absolute Gasteiger partial charge is 0.507 e. The fraction of sp³-hybridized carbons (Fsp3) is 0.429. The van der Waals surface area contributed by atoms with E-state index in [1.54, 1.807) is 70.2 Å². The minimum absolute atomic E-state index is 0.0701. The third-order valence-electron chi connectivity index (χ3n) is 6.49. The molecule has 12 heteroatoms. The number of rotatable bonds is 13. The van der Waals surface area contributed by atoms with E-state index in [4.69, 9.17) is 5.73 Å². The Kier molecular flexibility index (Phi) is 11.9. The summed E-state index contributed by atoms with van der Waals surface area (Å²) in [7, 11) is 0. The number of nitrogens with two attached hydrogens (primary N) is 1. The second kappa shape index (κ2) is 14.4. The molecule has 0 bridgehead atoms. The van der Waals surface area contributed by atoms with E-state index in [1.165, 1.54) is 0 Å². The molecule has 10 nitrogen and oxygen atoms in total. The number of hydrogen-bond acceptors (Lipinski definition) is 8. The van der Waals surface area contributed by atoms with Gasteiger partial charge in [-0.1, -0.05) is 42.5 Å². The topological polar surface area (TPSA) is 171 Å². The van der Waals surface area contributed by atoms with Gasteiger partial charge in [-0.05, 0) is 56.4 Å². The van der Waals surface area contributed by atoms with Gasteiger partial charge in [-0.15, -0.1) is 0 Å². The number of benzene rings is 2. The summed E-state index contributed by atoms with van der Waals surface area (Å²) in [4.78, 5) is 51.0. The molecule has 0 saturated carbocycles. The Morgan fingerprint density at radius 3 is 2.02 bits per heavy atom. The van der Waals surface area contributed by atoms with Gasteiger partial charge in [-0.3, -0.25) is 14.4 Å². The van der Waals surface area contributed by atoms with Crippen molar-refractivity contribution in [2.24, 2.45) is 5.73 Å². The van der Waals surface area contributed by atoms with Crippen molar-refractivity contribution in [3.63, 3.8) is 0 Å². The van der Waals surface area contributed by atoms with Gasteiger partial charge >= 0.3 is 5.97 Å². The van der Waals surface area contributed by atoms with Gasteiger partial charge in [0, 0.05) is 16.9 Å². The lowest BCUT2D eigenvalue weighted by Gasteiger charge is -2.29. The predicted molar refractivity (Wildman–Crippen MR) is 160 cm³/mol. The quantitative estimate of drug-likeness (QED) is 0.163. The molecule has 0 aromatic heterocycles. The average molecular weight is 591 g/mol. The van der Waals surface area contributed by atoms with Crippen molar-refractivity contribution < 1.29 is 29.4 Å². The fourth-order valence-electron chi connectivity index (χ4n) is 4.02. The van der Waals surface area contributed by atoms with Gasteiger partial charge in [0.25, 0.3) is 0 Å². The molecule has 218 valence electrons. The van der Waals surface area contributed by atoms with E-state index in [0.29, 0.717) is 16.7 Å². The van der Waals surface area contributed by atoms with E-state index >= 15 is 0 Å². The maximum absolute atomic E-state index is 13.2. The highest BCUT2D eigenvalue weighted by molar-refractivity contribution is 7.81. The standard InChI is InChI=1S/C28H38N4O6S2/c1-15-10-11-18(16(2)22(15)33)13-19(29)24(34)31-21(14-39)26(36)30-20(12-17-8-6-5-7-9-17)25(35)32-23(27(37)38)28(3,4)40/h5-11,19-21,23,33,39-40H,12-14,29H2,1-4H3,(H,30,36)(H,31,34)(H,32,35)(H,37,38)/t19?,20-,21+,23-/m0/s1. The molecule has 1 unspecified atom stereocenters. The molecule has 40 heavy (non-hydrogen) atoms. The zero-order valence-corrected chi connectivity index (χ0v) is 24.8. The van der Waals surface area contributed by atoms with Crippen molar-refractivity contribution in [2.45, 2.75) is 69.5 Å². The van der Waals surface area contributed by atoms with Gasteiger partial charge in [-0.25, -0.2) is 4.79 Å². The predicted octanol–water partition coefficient (Wildman–Crippen LogP) is 1.30. The van der Waals surface area contributed by atoms with Crippen molar-refractivity contribution in [2.75, 3.05) is 5.75 Å². The molecule has 0 saturated heterocycles. The van der Waals surface area contributed by atoms with Gasteiger partial charge in [0.05, 0.1) is 6.04 Å². The van der Waals surface area contributed by atoms with Crippen LogP contribution >= 0.6 is 25.3 Å². The Labute approximate surface area is 245 Å². The maximum atomic E-state index is 13.2. The summed E-state index contributed by atoms with van der Waals surface area (Å²) in [5.41, 5.74) is 8.84. The Morgan fingerprint density at radius 2 is 1.48 bits per heavy atom. The molecular formula is C28H38N4O6S2. The highest BCUT2D eigenvalue weighted by Crippen LogP contribution is 2.25. The number of aliphatic carboxylic acids is 1. The number of aromatic hydroxyl groups is 1. The van der Waals surface area contributed by atoms with Gasteiger partial charge in [0.1, 0.15) is 23.9 Å². The van der Waals surface area contributed by atoms with Gasteiger partial charge in [-0.2, -0.15) is 25.3 Å². The molecule has 0 aliphatic heterocycles.